The van der Waals surface area contributed by atoms with Gasteiger partial charge < -0.3 is 9.72 Å². The van der Waals surface area contributed by atoms with Crippen LogP contribution in [0.15, 0.2) is 49.2 Å². The predicted octanol–water partition coefficient (Wildman–Crippen LogP) is 5.95. The molecule has 3 aromatic rings. The molecule has 3 aromatic heterocycles. The normalized spacial score (nSPS) is 16.6. The second-order valence-electron chi connectivity index (χ2n) is 7.82. The molecule has 1 saturated carbocycles. The highest BCUT2D eigenvalue weighted by Gasteiger charge is 2.12. The van der Waals surface area contributed by atoms with Crippen LogP contribution in [-0.2, 0) is 0 Å². The number of nitrogens with zero attached hydrogens (tertiary/aromatic N) is 3. The predicted molar refractivity (Wildman–Crippen MR) is 112 cm³/mol. The SMILES string of the molecule is c1cncc(-c2cc(NCCC3CCCCCCCC3)c3nccn3c2)c1. The molecule has 1 aliphatic rings. The summed E-state index contributed by atoms with van der Waals surface area (Å²) in [5.41, 5.74) is 4.41. The first-order valence-corrected chi connectivity index (χ1v) is 10.5. The fourth-order valence-corrected chi connectivity index (χ4v) is 4.27. The van der Waals surface area contributed by atoms with E-state index < -0.39 is 0 Å². The number of fused-ring (bicyclic) bond motifs is 1. The minimum absolute atomic E-state index is 0.868. The van der Waals surface area contributed by atoms with Crippen molar-refractivity contribution < 1.29 is 0 Å². The lowest BCUT2D eigenvalue weighted by Gasteiger charge is -2.17. The van der Waals surface area contributed by atoms with Gasteiger partial charge in [-0.25, -0.2) is 4.98 Å². The van der Waals surface area contributed by atoms with Crippen molar-refractivity contribution in [2.45, 2.75) is 57.8 Å². The molecule has 0 saturated heterocycles. The van der Waals surface area contributed by atoms with Crippen molar-refractivity contribution in [3.8, 4) is 11.1 Å². The van der Waals surface area contributed by atoms with Crippen molar-refractivity contribution in [1.29, 1.82) is 0 Å². The fraction of sp³-hybridized carbons (Fsp3) is 0.478. The summed E-state index contributed by atoms with van der Waals surface area (Å²) < 4.78 is 2.10. The van der Waals surface area contributed by atoms with Crippen LogP contribution in [0.5, 0.6) is 0 Å². The highest BCUT2D eigenvalue weighted by molar-refractivity contribution is 5.76. The highest BCUT2D eigenvalue weighted by Crippen LogP contribution is 2.27. The Morgan fingerprint density at radius 1 is 1.00 bits per heavy atom. The average Bonchev–Trinajstić information content (AvgIpc) is 3.22. The number of rotatable bonds is 5. The van der Waals surface area contributed by atoms with E-state index in [0.717, 1.165) is 29.4 Å². The fourth-order valence-electron chi connectivity index (χ4n) is 4.27. The highest BCUT2D eigenvalue weighted by atomic mass is 15.0. The lowest BCUT2D eigenvalue weighted by molar-refractivity contribution is 0.409. The Bertz CT molecular complexity index is 830. The number of anilines is 1. The molecule has 1 fully saturated rings. The molecule has 142 valence electrons. The lowest BCUT2D eigenvalue weighted by atomic mass is 9.94. The number of nitrogens with one attached hydrogen (secondary N) is 1. The van der Waals surface area contributed by atoms with Gasteiger partial charge in [0.15, 0.2) is 5.65 Å². The van der Waals surface area contributed by atoms with Crippen LogP contribution >= 0.6 is 0 Å². The van der Waals surface area contributed by atoms with E-state index in [4.69, 9.17) is 0 Å². The zero-order chi connectivity index (χ0) is 18.3. The van der Waals surface area contributed by atoms with Gasteiger partial charge in [-0.3, -0.25) is 4.98 Å². The minimum Gasteiger partial charge on any atom is -0.382 e. The van der Waals surface area contributed by atoms with Gasteiger partial charge in [-0.2, -0.15) is 0 Å². The summed E-state index contributed by atoms with van der Waals surface area (Å²) in [4.78, 5) is 8.80. The van der Waals surface area contributed by atoms with E-state index in [1.807, 2.05) is 30.9 Å². The van der Waals surface area contributed by atoms with E-state index in [-0.39, 0.29) is 0 Å². The Labute approximate surface area is 162 Å². The summed E-state index contributed by atoms with van der Waals surface area (Å²) in [5, 5.41) is 3.68. The van der Waals surface area contributed by atoms with Crippen molar-refractivity contribution in [3.63, 3.8) is 0 Å². The van der Waals surface area contributed by atoms with Crippen molar-refractivity contribution in [2.24, 2.45) is 5.92 Å². The molecule has 0 unspecified atom stereocenters. The molecule has 0 bridgehead atoms. The van der Waals surface area contributed by atoms with Crippen molar-refractivity contribution in [1.82, 2.24) is 14.4 Å². The number of pyridine rings is 2. The maximum Gasteiger partial charge on any atom is 0.160 e. The van der Waals surface area contributed by atoms with Gasteiger partial charge in [0.25, 0.3) is 0 Å². The first-order chi connectivity index (χ1) is 13.4. The van der Waals surface area contributed by atoms with Crippen LogP contribution in [0.4, 0.5) is 5.69 Å². The summed E-state index contributed by atoms with van der Waals surface area (Å²) in [7, 11) is 0. The first kappa shape index (κ1) is 18.0. The van der Waals surface area contributed by atoms with Crippen LogP contribution in [-0.4, -0.2) is 20.9 Å². The van der Waals surface area contributed by atoms with Crippen LogP contribution in [0.2, 0.25) is 0 Å². The van der Waals surface area contributed by atoms with Gasteiger partial charge in [0, 0.05) is 48.7 Å². The first-order valence-electron chi connectivity index (χ1n) is 10.5. The number of hydrogen-bond acceptors (Lipinski definition) is 3. The molecule has 1 aliphatic carbocycles. The molecule has 0 atom stereocenters. The van der Waals surface area contributed by atoms with Crippen LogP contribution in [0.3, 0.4) is 0 Å². The monoisotopic (exact) mass is 362 g/mol. The molecule has 4 heteroatoms. The molecule has 0 aromatic carbocycles. The quantitative estimate of drug-likeness (QED) is 0.610. The molecular formula is C23H30N4. The lowest BCUT2D eigenvalue weighted by Crippen LogP contribution is -2.10. The summed E-state index contributed by atoms with van der Waals surface area (Å²) in [6.45, 7) is 1.02. The Morgan fingerprint density at radius 2 is 1.81 bits per heavy atom. The molecule has 4 nitrogen and oxygen atoms in total. The Kier molecular flexibility index (Phi) is 6.03. The standard InChI is InChI=1S/C23H30N4/c1-2-4-6-9-19(8-5-3-1)11-13-25-22-16-21(20-10-7-12-24-17-20)18-27-15-14-26-23(22)27/h7,10,12,14-19,25H,1-6,8-9,11,13H2. The van der Waals surface area contributed by atoms with Crippen molar-refractivity contribution in [3.05, 3.63) is 49.2 Å². The van der Waals surface area contributed by atoms with Gasteiger partial charge in [0.1, 0.15) is 0 Å². The van der Waals surface area contributed by atoms with Crippen molar-refractivity contribution in [2.75, 3.05) is 11.9 Å². The third-order valence-corrected chi connectivity index (χ3v) is 5.83. The minimum atomic E-state index is 0.868. The second-order valence-corrected chi connectivity index (χ2v) is 7.82. The van der Waals surface area contributed by atoms with E-state index in [2.05, 4.69) is 38.0 Å². The Hall–Kier alpha value is -2.36. The third kappa shape index (κ3) is 4.68. The molecule has 0 amide bonds. The molecular weight excluding hydrogens is 332 g/mol. The average molecular weight is 363 g/mol. The molecule has 4 rings (SSSR count). The van der Waals surface area contributed by atoms with Gasteiger partial charge in [-0.15, -0.1) is 0 Å². The van der Waals surface area contributed by atoms with E-state index >= 15 is 0 Å². The number of hydrogen-bond donors (Lipinski definition) is 1. The maximum absolute atomic E-state index is 4.54. The van der Waals surface area contributed by atoms with Gasteiger partial charge in [-0.1, -0.05) is 57.4 Å². The summed E-state index contributed by atoms with van der Waals surface area (Å²) in [5.74, 6) is 0.868. The van der Waals surface area contributed by atoms with Crippen LogP contribution < -0.4 is 5.32 Å². The molecule has 3 heterocycles. The van der Waals surface area contributed by atoms with Gasteiger partial charge in [-0.05, 0) is 24.5 Å². The summed E-state index contributed by atoms with van der Waals surface area (Å²) in [6.07, 6.45) is 22.3. The topological polar surface area (TPSA) is 42.2 Å². The van der Waals surface area contributed by atoms with Gasteiger partial charge >= 0.3 is 0 Å². The van der Waals surface area contributed by atoms with E-state index in [1.54, 1.807) is 0 Å². The van der Waals surface area contributed by atoms with E-state index in [1.165, 1.54) is 63.4 Å². The summed E-state index contributed by atoms with van der Waals surface area (Å²) >= 11 is 0. The molecule has 0 aliphatic heterocycles. The van der Waals surface area contributed by atoms with E-state index in [9.17, 15) is 0 Å². The largest absolute Gasteiger partial charge is 0.382 e. The van der Waals surface area contributed by atoms with Crippen molar-refractivity contribution >= 4 is 11.3 Å². The smallest absolute Gasteiger partial charge is 0.160 e. The molecule has 0 spiro atoms. The number of aromatic nitrogens is 3. The zero-order valence-electron chi connectivity index (χ0n) is 16.1. The summed E-state index contributed by atoms with van der Waals surface area (Å²) in [6, 6.07) is 6.30. The molecule has 1 N–H and O–H groups in total. The van der Waals surface area contributed by atoms with Crippen LogP contribution in [0.25, 0.3) is 16.8 Å². The maximum atomic E-state index is 4.54. The van der Waals surface area contributed by atoms with Crippen LogP contribution in [0, 0.1) is 5.92 Å². The van der Waals surface area contributed by atoms with Gasteiger partial charge in [0.05, 0.1) is 5.69 Å². The molecule has 27 heavy (non-hydrogen) atoms. The van der Waals surface area contributed by atoms with Crippen LogP contribution in [0.1, 0.15) is 57.8 Å². The second kappa shape index (κ2) is 9.03. The number of imidazole rings is 1. The van der Waals surface area contributed by atoms with Gasteiger partial charge in [0.2, 0.25) is 0 Å². The third-order valence-electron chi connectivity index (χ3n) is 5.83. The van der Waals surface area contributed by atoms with E-state index in [0.29, 0.717) is 0 Å². The molecule has 0 radical (unpaired) electrons. The zero-order valence-corrected chi connectivity index (χ0v) is 16.1. The Morgan fingerprint density at radius 3 is 2.59 bits per heavy atom. The Balaban J connectivity index is 1.45.